The summed E-state index contributed by atoms with van der Waals surface area (Å²) in [6.45, 7) is 1.85. The van der Waals surface area contributed by atoms with Crippen LogP contribution in [0.15, 0.2) is 47.4 Å². The highest BCUT2D eigenvalue weighted by Crippen LogP contribution is 2.30. The van der Waals surface area contributed by atoms with Gasteiger partial charge in [0.2, 0.25) is 11.8 Å². The minimum Gasteiger partial charge on any atom is -0.495 e. The molecule has 0 aliphatic heterocycles. The fourth-order valence-corrected chi connectivity index (χ4v) is 4.60. The molecule has 1 aliphatic carbocycles. The predicted octanol–water partition coefficient (Wildman–Crippen LogP) is 5.99. The molecule has 1 atom stereocenters. The number of carbonyl (C=O) groups is 2. The van der Waals surface area contributed by atoms with Gasteiger partial charge in [-0.05, 0) is 62.2 Å². The molecule has 0 spiro atoms. The van der Waals surface area contributed by atoms with Crippen LogP contribution >= 0.6 is 23.4 Å². The molecule has 2 N–H and O–H groups in total. The summed E-state index contributed by atoms with van der Waals surface area (Å²) in [5.74, 6) is 0.688. The highest BCUT2D eigenvalue weighted by molar-refractivity contribution is 8.00. The van der Waals surface area contributed by atoms with E-state index in [9.17, 15) is 9.59 Å². The minimum atomic E-state index is -0.298. The van der Waals surface area contributed by atoms with Crippen molar-refractivity contribution in [3.05, 3.63) is 47.5 Å². The first-order valence-electron chi connectivity index (χ1n) is 10.2. The van der Waals surface area contributed by atoms with E-state index in [1.165, 1.54) is 18.2 Å². The second-order valence-electron chi connectivity index (χ2n) is 7.45. The summed E-state index contributed by atoms with van der Waals surface area (Å²) in [7, 11) is 1.55. The maximum Gasteiger partial charge on any atom is 0.237 e. The zero-order valence-corrected chi connectivity index (χ0v) is 18.8. The number of ether oxygens (including phenoxy) is 1. The van der Waals surface area contributed by atoms with Gasteiger partial charge in [0, 0.05) is 22.2 Å². The summed E-state index contributed by atoms with van der Waals surface area (Å²) in [6, 6.07) is 12.8. The average Bonchev–Trinajstić information content (AvgIpc) is 2.75. The fourth-order valence-electron chi connectivity index (χ4n) is 3.47. The molecule has 0 heterocycles. The van der Waals surface area contributed by atoms with Gasteiger partial charge in [-0.1, -0.05) is 30.9 Å². The van der Waals surface area contributed by atoms with Crippen LogP contribution in [0.25, 0.3) is 0 Å². The molecule has 7 heteroatoms. The molecule has 1 aliphatic rings. The molecule has 5 nitrogen and oxygen atoms in total. The molecule has 3 rings (SSSR count). The van der Waals surface area contributed by atoms with Gasteiger partial charge in [-0.15, -0.1) is 11.8 Å². The van der Waals surface area contributed by atoms with Gasteiger partial charge in [-0.2, -0.15) is 0 Å². The Labute approximate surface area is 186 Å². The van der Waals surface area contributed by atoms with Crippen molar-refractivity contribution in [1.82, 2.24) is 0 Å². The zero-order valence-electron chi connectivity index (χ0n) is 17.2. The Bertz CT molecular complexity index is 883. The number of thioether (sulfide) groups is 1. The smallest absolute Gasteiger partial charge is 0.237 e. The lowest BCUT2D eigenvalue weighted by Crippen LogP contribution is -2.24. The van der Waals surface area contributed by atoms with Gasteiger partial charge in [0.25, 0.3) is 0 Å². The minimum absolute atomic E-state index is 0.112. The van der Waals surface area contributed by atoms with E-state index in [-0.39, 0.29) is 23.0 Å². The Morgan fingerprint density at radius 2 is 1.70 bits per heavy atom. The number of nitrogens with one attached hydrogen (secondary N) is 2. The number of carbonyl (C=O) groups excluding carboxylic acids is 2. The normalized spacial score (nSPS) is 15.3. The van der Waals surface area contributed by atoms with Crippen LogP contribution in [-0.4, -0.2) is 24.2 Å². The lowest BCUT2D eigenvalue weighted by molar-refractivity contribution is -0.120. The number of methoxy groups -OCH3 is 1. The summed E-state index contributed by atoms with van der Waals surface area (Å²) >= 11 is 7.57. The number of rotatable bonds is 7. The molecule has 2 aromatic rings. The fraction of sp³-hybridized carbons (Fsp3) is 0.391. The summed E-state index contributed by atoms with van der Waals surface area (Å²) < 4.78 is 5.12. The zero-order chi connectivity index (χ0) is 21.5. The standard InChI is InChI=1S/C23H27ClN2O3S/c1-15(22(27)26-18-10-13-21(29-2)20(24)14-18)30-19-11-8-17(9-12-19)25-23(28)16-6-4-3-5-7-16/h8-16H,3-7H2,1-2H3,(H,25,28)(H,26,27). The highest BCUT2D eigenvalue weighted by atomic mass is 35.5. The van der Waals surface area contributed by atoms with Crippen molar-refractivity contribution >= 4 is 46.6 Å². The van der Waals surface area contributed by atoms with Gasteiger partial charge in [-0.25, -0.2) is 0 Å². The molecule has 0 radical (unpaired) electrons. The van der Waals surface area contributed by atoms with Crippen LogP contribution in [0, 0.1) is 5.92 Å². The third kappa shape index (κ3) is 6.16. The molecular weight excluding hydrogens is 420 g/mol. The molecule has 1 fully saturated rings. The molecule has 0 saturated heterocycles. The maximum absolute atomic E-state index is 12.5. The third-order valence-electron chi connectivity index (χ3n) is 5.20. The van der Waals surface area contributed by atoms with Crippen LogP contribution in [0.5, 0.6) is 5.75 Å². The summed E-state index contributed by atoms with van der Waals surface area (Å²) in [5.41, 5.74) is 1.42. The van der Waals surface area contributed by atoms with Crippen LogP contribution in [0.4, 0.5) is 11.4 Å². The number of anilines is 2. The monoisotopic (exact) mass is 446 g/mol. The third-order valence-corrected chi connectivity index (χ3v) is 6.61. The van der Waals surface area contributed by atoms with Crippen molar-refractivity contribution in [2.45, 2.75) is 49.2 Å². The number of hydrogen-bond donors (Lipinski definition) is 2. The summed E-state index contributed by atoms with van der Waals surface area (Å²) in [4.78, 5) is 25.8. The Balaban J connectivity index is 1.52. The molecule has 1 unspecified atom stereocenters. The van der Waals surface area contributed by atoms with Gasteiger partial charge in [0.15, 0.2) is 0 Å². The maximum atomic E-state index is 12.5. The summed E-state index contributed by atoms with van der Waals surface area (Å²) in [5, 5.41) is 6.03. The van der Waals surface area contributed by atoms with Gasteiger partial charge >= 0.3 is 0 Å². The lowest BCUT2D eigenvalue weighted by Gasteiger charge is -2.20. The van der Waals surface area contributed by atoms with E-state index in [1.807, 2.05) is 31.2 Å². The molecule has 2 amide bonds. The van der Waals surface area contributed by atoms with Crippen molar-refractivity contribution in [3.8, 4) is 5.75 Å². The van der Waals surface area contributed by atoms with Crippen molar-refractivity contribution in [1.29, 1.82) is 0 Å². The molecule has 0 aromatic heterocycles. The Morgan fingerprint density at radius 3 is 2.33 bits per heavy atom. The first-order valence-corrected chi connectivity index (χ1v) is 11.4. The molecular formula is C23H27ClN2O3S. The number of benzene rings is 2. The van der Waals surface area contributed by atoms with E-state index in [0.29, 0.717) is 16.5 Å². The predicted molar refractivity (Wildman–Crippen MR) is 124 cm³/mol. The van der Waals surface area contributed by atoms with Crippen LogP contribution in [-0.2, 0) is 9.59 Å². The lowest BCUT2D eigenvalue weighted by atomic mass is 9.88. The van der Waals surface area contributed by atoms with Crippen molar-refractivity contribution in [2.75, 3.05) is 17.7 Å². The van der Waals surface area contributed by atoms with E-state index < -0.39 is 0 Å². The second-order valence-corrected chi connectivity index (χ2v) is 9.27. The number of halogens is 1. The number of amides is 2. The first-order chi connectivity index (χ1) is 14.5. The van der Waals surface area contributed by atoms with E-state index in [2.05, 4.69) is 10.6 Å². The Kier molecular flexibility index (Phi) is 8.05. The first kappa shape index (κ1) is 22.5. The molecule has 2 aromatic carbocycles. The SMILES string of the molecule is COc1ccc(NC(=O)C(C)Sc2ccc(NC(=O)C3CCCCC3)cc2)cc1Cl. The molecule has 160 valence electrons. The van der Waals surface area contributed by atoms with Crippen molar-refractivity contribution in [3.63, 3.8) is 0 Å². The molecule has 1 saturated carbocycles. The van der Waals surface area contributed by atoms with E-state index in [4.69, 9.17) is 16.3 Å². The van der Waals surface area contributed by atoms with E-state index in [1.54, 1.807) is 25.3 Å². The topological polar surface area (TPSA) is 67.4 Å². The van der Waals surface area contributed by atoms with Gasteiger partial charge in [0.05, 0.1) is 17.4 Å². The second kappa shape index (κ2) is 10.7. The van der Waals surface area contributed by atoms with E-state index >= 15 is 0 Å². The Morgan fingerprint density at radius 1 is 1.03 bits per heavy atom. The van der Waals surface area contributed by atoms with Gasteiger partial charge in [0.1, 0.15) is 5.75 Å². The average molecular weight is 447 g/mol. The Hall–Kier alpha value is -2.18. The van der Waals surface area contributed by atoms with Crippen LogP contribution in [0.2, 0.25) is 5.02 Å². The molecule has 0 bridgehead atoms. The molecule has 30 heavy (non-hydrogen) atoms. The number of hydrogen-bond acceptors (Lipinski definition) is 4. The van der Waals surface area contributed by atoms with Crippen molar-refractivity contribution in [2.24, 2.45) is 5.92 Å². The van der Waals surface area contributed by atoms with E-state index in [0.717, 1.165) is 36.3 Å². The van der Waals surface area contributed by atoms with Crippen LogP contribution in [0.1, 0.15) is 39.0 Å². The van der Waals surface area contributed by atoms with Crippen LogP contribution in [0.3, 0.4) is 0 Å². The summed E-state index contributed by atoms with van der Waals surface area (Å²) in [6.07, 6.45) is 5.46. The van der Waals surface area contributed by atoms with Gasteiger partial charge in [-0.3, -0.25) is 9.59 Å². The van der Waals surface area contributed by atoms with Crippen LogP contribution < -0.4 is 15.4 Å². The largest absolute Gasteiger partial charge is 0.495 e. The highest BCUT2D eigenvalue weighted by Gasteiger charge is 2.21. The quantitative estimate of drug-likeness (QED) is 0.513. The van der Waals surface area contributed by atoms with Crippen molar-refractivity contribution < 1.29 is 14.3 Å². The van der Waals surface area contributed by atoms with Gasteiger partial charge < -0.3 is 15.4 Å².